The summed E-state index contributed by atoms with van der Waals surface area (Å²) in [6.45, 7) is 5.14. The molecule has 0 aliphatic carbocycles. The third kappa shape index (κ3) is 3.30. The van der Waals surface area contributed by atoms with Crippen molar-refractivity contribution in [3.8, 4) is 0 Å². The molecule has 2 aromatic heterocycles. The summed E-state index contributed by atoms with van der Waals surface area (Å²) in [5.74, 6) is 0. The zero-order valence-corrected chi connectivity index (χ0v) is 11.1. The summed E-state index contributed by atoms with van der Waals surface area (Å²) >= 11 is 1.68. The van der Waals surface area contributed by atoms with Crippen LogP contribution in [0, 0.1) is 6.92 Å². The van der Waals surface area contributed by atoms with E-state index >= 15 is 0 Å². The molecule has 4 nitrogen and oxygen atoms in total. The van der Waals surface area contributed by atoms with E-state index in [0.717, 1.165) is 30.9 Å². The number of thiazole rings is 1. The summed E-state index contributed by atoms with van der Waals surface area (Å²) in [7, 11) is 0. The maximum absolute atomic E-state index is 4.47. The topological polar surface area (TPSA) is 53.6 Å². The Kier molecular flexibility index (Phi) is 4.14. The third-order valence-electron chi connectivity index (χ3n) is 2.75. The van der Waals surface area contributed by atoms with E-state index in [2.05, 4.69) is 39.7 Å². The molecule has 2 rings (SSSR count). The van der Waals surface area contributed by atoms with Crippen LogP contribution in [0.2, 0.25) is 0 Å². The lowest BCUT2D eigenvalue weighted by molar-refractivity contribution is 0.855. The number of aryl methyl sites for hydroxylation is 3. The first-order chi connectivity index (χ1) is 8.29. The molecule has 17 heavy (non-hydrogen) atoms. The largest absolute Gasteiger partial charge is 0.362 e. The van der Waals surface area contributed by atoms with Crippen LogP contribution in [-0.2, 0) is 12.8 Å². The minimum Gasteiger partial charge on any atom is -0.362 e. The van der Waals surface area contributed by atoms with Gasteiger partial charge in [-0.3, -0.25) is 5.10 Å². The Morgan fingerprint density at radius 1 is 1.47 bits per heavy atom. The monoisotopic (exact) mass is 250 g/mol. The maximum Gasteiger partial charge on any atom is 0.182 e. The Bertz CT molecular complexity index is 461. The normalized spacial score (nSPS) is 10.7. The van der Waals surface area contributed by atoms with E-state index in [1.165, 1.54) is 17.0 Å². The number of aromatic nitrogens is 3. The first kappa shape index (κ1) is 12.1. The molecule has 92 valence electrons. The summed E-state index contributed by atoms with van der Waals surface area (Å²) in [5.41, 5.74) is 3.65. The van der Waals surface area contributed by atoms with Gasteiger partial charge >= 0.3 is 0 Å². The Morgan fingerprint density at radius 3 is 3.00 bits per heavy atom. The summed E-state index contributed by atoms with van der Waals surface area (Å²) in [4.78, 5) is 4.47. The van der Waals surface area contributed by atoms with E-state index in [9.17, 15) is 0 Å². The average Bonchev–Trinajstić information content (AvgIpc) is 2.94. The minimum atomic E-state index is 0.960. The summed E-state index contributed by atoms with van der Waals surface area (Å²) in [6, 6.07) is 0. The van der Waals surface area contributed by atoms with Gasteiger partial charge in [0.1, 0.15) is 0 Å². The van der Waals surface area contributed by atoms with Gasteiger partial charge in [0.25, 0.3) is 0 Å². The van der Waals surface area contributed by atoms with Crippen molar-refractivity contribution < 1.29 is 0 Å². The second-order valence-corrected chi connectivity index (χ2v) is 4.91. The molecule has 0 fully saturated rings. The van der Waals surface area contributed by atoms with Gasteiger partial charge in [0.2, 0.25) is 0 Å². The van der Waals surface area contributed by atoms with Gasteiger partial charge in [-0.15, -0.1) is 11.3 Å². The molecule has 2 N–H and O–H groups in total. The van der Waals surface area contributed by atoms with Gasteiger partial charge in [0.15, 0.2) is 5.13 Å². The predicted octanol–water partition coefficient (Wildman–Crippen LogP) is 2.78. The smallest absolute Gasteiger partial charge is 0.182 e. The van der Waals surface area contributed by atoms with Crippen LogP contribution < -0.4 is 5.32 Å². The molecule has 0 aromatic carbocycles. The van der Waals surface area contributed by atoms with Crippen LogP contribution in [0.4, 0.5) is 5.13 Å². The van der Waals surface area contributed by atoms with Gasteiger partial charge in [0, 0.05) is 17.6 Å². The molecule has 0 aliphatic rings. The highest BCUT2D eigenvalue weighted by Crippen LogP contribution is 2.15. The molecule has 0 spiro atoms. The third-order valence-corrected chi connectivity index (χ3v) is 3.60. The second-order valence-electron chi connectivity index (χ2n) is 4.05. The highest BCUT2D eigenvalue weighted by molar-refractivity contribution is 7.13. The fourth-order valence-corrected chi connectivity index (χ4v) is 2.47. The highest BCUT2D eigenvalue weighted by atomic mass is 32.1. The maximum atomic E-state index is 4.47. The van der Waals surface area contributed by atoms with Crippen LogP contribution in [0.5, 0.6) is 0 Å². The van der Waals surface area contributed by atoms with Crippen molar-refractivity contribution in [1.29, 1.82) is 0 Å². The van der Waals surface area contributed by atoms with Crippen LogP contribution in [-0.4, -0.2) is 21.7 Å². The zero-order valence-electron chi connectivity index (χ0n) is 10.3. The molecular formula is C12H18N4S. The highest BCUT2D eigenvalue weighted by Gasteiger charge is 2.01. The number of nitrogens with one attached hydrogen (secondary N) is 2. The lowest BCUT2D eigenvalue weighted by atomic mass is 10.1. The Morgan fingerprint density at radius 2 is 2.35 bits per heavy atom. The van der Waals surface area contributed by atoms with Gasteiger partial charge in [-0.05, 0) is 31.7 Å². The first-order valence-corrected chi connectivity index (χ1v) is 6.84. The zero-order chi connectivity index (χ0) is 12.1. The molecule has 2 aromatic rings. The van der Waals surface area contributed by atoms with Crippen LogP contribution in [0.3, 0.4) is 0 Å². The molecule has 0 saturated carbocycles. The average molecular weight is 250 g/mol. The SMILES string of the molecule is CCc1csc(NCCCc2cn[nH]c2C)n1. The molecule has 0 radical (unpaired) electrons. The molecule has 0 aliphatic heterocycles. The van der Waals surface area contributed by atoms with Crippen molar-refractivity contribution in [2.75, 3.05) is 11.9 Å². The van der Waals surface area contributed by atoms with Crippen molar-refractivity contribution in [3.05, 3.63) is 28.5 Å². The lowest BCUT2D eigenvalue weighted by Gasteiger charge is -2.02. The molecule has 0 saturated heterocycles. The Balaban J connectivity index is 1.71. The van der Waals surface area contributed by atoms with Crippen LogP contribution >= 0.6 is 11.3 Å². The fourth-order valence-electron chi connectivity index (χ4n) is 1.65. The van der Waals surface area contributed by atoms with Gasteiger partial charge in [-0.1, -0.05) is 6.92 Å². The Hall–Kier alpha value is -1.36. The van der Waals surface area contributed by atoms with Gasteiger partial charge in [-0.25, -0.2) is 4.98 Å². The van der Waals surface area contributed by atoms with Crippen molar-refractivity contribution in [1.82, 2.24) is 15.2 Å². The van der Waals surface area contributed by atoms with Crippen LogP contribution in [0.1, 0.15) is 30.3 Å². The first-order valence-electron chi connectivity index (χ1n) is 5.96. The number of hydrogen-bond acceptors (Lipinski definition) is 4. The standard InChI is InChI=1S/C12H18N4S/c1-3-11-8-17-12(15-11)13-6-4-5-10-7-14-16-9(10)2/h7-8H,3-6H2,1-2H3,(H,13,15)(H,14,16). The van der Waals surface area contributed by atoms with Crippen molar-refractivity contribution in [3.63, 3.8) is 0 Å². The van der Waals surface area contributed by atoms with E-state index < -0.39 is 0 Å². The molecule has 0 amide bonds. The molecule has 0 unspecified atom stereocenters. The molecule has 0 atom stereocenters. The summed E-state index contributed by atoms with van der Waals surface area (Å²) in [6.07, 6.45) is 5.07. The quantitative estimate of drug-likeness (QED) is 0.775. The lowest BCUT2D eigenvalue weighted by Crippen LogP contribution is -2.03. The molecule has 2 heterocycles. The number of H-pyrrole nitrogens is 1. The van der Waals surface area contributed by atoms with Gasteiger partial charge in [-0.2, -0.15) is 5.10 Å². The summed E-state index contributed by atoms with van der Waals surface area (Å²) in [5, 5.41) is 13.5. The fraction of sp³-hybridized carbons (Fsp3) is 0.500. The van der Waals surface area contributed by atoms with Gasteiger partial charge in [0.05, 0.1) is 11.9 Å². The van der Waals surface area contributed by atoms with E-state index in [0.29, 0.717) is 0 Å². The van der Waals surface area contributed by atoms with Crippen molar-refractivity contribution in [2.45, 2.75) is 33.1 Å². The summed E-state index contributed by atoms with van der Waals surface area (Å²) < 4.78 is 0. The molecule has 5 heteroatoms. The second kappa shape index (κ2) is 5.82. The van der Waals surface area contributed by atoms with E-state index in [-0.39, 0.29) is 0 Å². The minimum absolute atomic E-state index is 0.960. The predicted molar refractivity (Wildman–Crippen MR) is 71.6 cm³/mol. The number of hydrogen-bond donors (Lipinski definition) is 2. The molecular weight excluding hydrogens is 232 g/mol. The van der Waals surface area contributed by atoms with E-state index in [1.807, 2.05) is 6.20 Å². The van der Waals surface area contributed by atoms with E-state index in [1.54, 1.807) is 11.3 Å². The van der Waals surface area contributed by atoms with E-state index in [4.69, 9.17) is 0 Å². The van der Waals surface area contributed by atoms with Crippen molar-refractivity contribution in [2.24, 2.45) is 0 Å². The van der Waals surface area contributed by atoms with Crippen molar-refractivity contribution >= 4 is 16.5 Å². The molecule has 0 bridgehead atoms. The number of anilines is 1. The van der Waals surface area contributed by atoms with Crippen LogP contribution in [0.25, 0.3) is 0 Å². The number of aromatic amines is 1. The van der Waals surface area contributed by atoms with Crippen LogP contribution in [0.15, 0.2) is 11.6 Å². The number of nitrogens with zero attached hydrogens (tertiary/aromatic N) is 2. The Labute approximate surface area is 105 Å². The van der Waals surface area contributed by atoms with Gasteiger partial charge < -0.3 is 5.32 Å². The number of rotatable bonds is 6.